The molecule has 0 N–H and O–H groups in total. The first kappa shape index (κ1) is 18.5. The normalized spacial score (nSPS) is 12.9. The molecule has 0 aliphatic carbocycles. The highest BCUT2D eigenvalue weighted by Gasteiger charge is 2.22. The van der Waals surface area contributed by atoms with Crippen LogP contribution in [0.25, 0.3) is 21.3 Å². The third-order valence-corrected chi connectivity index (χ3v) is 5.65. The Morgan fingerprint density at radius 1 is 1.20 bits per heavy atom. The Morgan fingerprint density at radius 2 is 2.07 bits per heavy atom. The second kappa shape index (κ2) is 7.69. The van der Waals surface area contributed by atoms with E-state index < -0.39 is 4.92 Å². The standard InChI is InChI=1S/C21H15N3O5S/c25-24(26)16-6-14-8-27-12-29-19(14)15(7-16)9-28-20-18-17(13-4-2-1-3-5-13)10-30-21(18)23-11-22-20/h1-7,10-11H,8-9,12H2. The molecule has 0 spiro atoms. The lowest BCUT2D eigenvalue weighted by Crippen LogP contribution is -2.14. The number of aromatic nitrogens is 2. The van der Waals surface area contributed by atoms with Gasteiger partial charge in [0.2, 0.25) is 5.88 Å². The molecule has 0 saturated carbocycles. The molecule has 0 radical (unpaired) electrons. The lowest BCUT2D eigenvalue weighted by atomic mass is 10.1. The van der Waals surface area contributed by atoms with Crippen LogP contribution in [-0.4, -0.2) is 21.7 Å². The highest BCUT2D eigenvalue weighted by molar-refractivity contribution is 7.17. The SMILES string of the molecule is O=[N+]([O-])c1cc2c(c(COc3ncnc4scc(-c5ccccc5)c34)c1)OCOC2. The fraction of sp³-hybridized carbons (Fsp3) is 0.143. The summed E-state index contributed by atoms with van der Waals surface area (Å²) in [6.07, 6.45) is 1.45. The Hall–Kier alpha value is -3.56. The van der Waals surface area contributed by atoms with Gasteiger partial charge in [-0.2, -0.15) is 0 Å². The van der Waals surface area contributed by atoms with E-state index in [2.05, 4.69) is 9.97 Å². The summed E-state index contributed by atoms with van der Waals surface area (Å²) in [6, 6.07) is 12.9. The van der Waals surface area contributed by atoms with E-state index in [1.807, 2.05) is 35.7 Å². The van der Waals surface area contributed by atoms with E-state index in [9.17, 15) is 10.1 Å². The maximum atomic E-state index is 11.3. The van der Waals surface area contributed by atoms with Gasteiger partial charge in [0.15, 0.2) is 6.79 Å². The number of ether oxygens (including phenoxy) is 3. The summed E-state index contributed by atoms with van der Waals surface area (Å²) in [5, 5.41) is 14.2. The van der Waals surface area contributed by atoms with Crippen molar-refractivity contribution in [2.24, 2.45) is 0 Å². The zero-order valence-electron chi connectivity index (χ0n) is 15.6. The summed E-state index contributed by atoms with van der Waals surface area (Å²) in [5.74, 6) is 0.984. The van der Waals surface area contributed by atoms with E-state index in [0.717, 1.165) is 21.3 Å². The van der Waals surface area contributed by atoms with E-state index in [0.29, 0.717) is 22.8 Å². The van der Waals surface area contributed by atoms with Crippen LogP contribution in [0.3, 0.4) is 0 Å². The maximum absolute atomic E-state index is 11.3. The van der Waals surface area contributed by atoms with Gasteiger partial charge < -0.3 is 14.2 Å². The van der Waals surface area contributed by atoms with Crippen molar-refractivity contribution in [3.63, 3.8) is 0 Å². The van der Waals surface area contributed by atoms with Gasteiger partial charge in [-0.1, -0.05) is 30.3 Å². The van der Waals surface area contributed by atoms with Crippen LogP contribution in [0.1, 0.15) is 11.1 Å². The molecular formula is C21H15N3O5S. The molecule has 0 fully saturated rings. The summed E-state index contributed by atoms with van der Waals surface area (Å²) >= 11 is 1.51. The number of thiophene rings is 1. The number of non-ortho nitro benzene ring substituents is 1. The van der Waals surface area contributed by atoms with Crippen LogP contribution < -0.4 is 9.47 Å². The lowest BCUT2D eigenvalue weighted by molar-refractivity contribution is -0.385. The largest absolute Gasteiger partial charge is 0.472 e. The number of fused-ring (bicyclic) bond motifs is 2. The number of hydrogen-bond donors (Lipinski definition) is 0. The molecule has 2 aromatic carbocycles. The maximum Gasteiger partial charge on any atom is 0.270 e. The number of nitro groups is 1. The summed E-state index contributed by atoms with van der Waals surface area (Å²) in [4.78, 5) is 20.4. The highest BCUT2D eigenvalue weighted by atomic mass is 32.1. The lowest BCUT2D eigenvalue weighted by Gasteiger charge is -2.20. The number of hydrogen-bond acceptors (Lipinski definition) is 8. The monoisotopic (exact) mass is 421 g/mol. The van der Waals surface area contributed by atoms with Crippen molar-refractivity contribution in [3.8, 4) is 22.8 Å². The van der Waals surface area contributed by atoms with Gasteiger partial charge in [0.05, 0.1) is 16.9 Å². The molecule has 2 aromatic heterocycles. The van der Waals surface area contributed by atoms with Crippen LogP contribution in [0.15, 0.2) is 54.2 Å². The van der Waals surface area contributed by atoms with Gasteiger partial charge in [0.1, 0.15) is 23.5 Å². The predicted octanol–water partition coefficient (Wildman–Crippen LogP) is 4.71. The summed E-state index contributed by atoms with van der Waals surface area (Å²) in [7, 11) is 0. The van der Waals surface area contributed by atoms with Crippen molar-refractivity contribution in [3.05, 3.63) is 75.4 Å². The number of nitrogens with zero attached hydrogens (tertiary/aromatic N) is 3. The molecule has 4 aromatic rings. The number of nitro benzene ring substituents is 1. The first-order chi connectivity index (χ1) is 14.7. The average Bonchev–Trinajstić information content (AvgIpc) is 3.22. The molecular weight excluding hydrogens is 406 g/mol. The van der Waals surface area contributed by atoms with Crippen LogP contribution in [0, 0.1) is 10.1 Å². The third-order valence-electron chi connectivity index (χ3n) is 4.77. The molecule has 9 heteroatoms. The summed E-state index contributed by atoms with van der Waals surface area (Å²) in [6.45, 7) is 0.420. The van der Waals surface area contributed by atoms with E-state index >= 15 is 0 Å². The number of benzene rings is 2. The molecule has 0 unspecified atom stereocenters. The van der Waals surface area contributed by atoms with Gasteiger partial charge in [-0.05, 0) is 5.56 Å². The quantitative estimate of drug-likeness (QED) is 0.340. The van der Waals surface area contributed by atoms with Crippen LogP contribution >= 0.6 is 11.3 Å². The molecule has 0 saturated heterocycles. The molecule has 5 rings (SSSR count). The Labute approximate surface area is 174 Å². The van der Waals surface area contributed by atoms with E-state index in [1.54, 1.807) is 0 Å². The van der Waals surface area contributed by atoms with Crippen molar-refractivity contribution < 1.29 is 19.1 Å². The third kappa shape index (κ3) is 3.34. The zero-order chi connectivity index (χ0) is 20.5. The van der Waals surface area contributed by atoms with E-state index in [1.165, 1.54) is 29.8 Å². The molecule has 30 heavy (non-hydrogen) atoms. The molecule has 0 bridgehead atoms. The molecule has 3 heterocycles. The smallest absolute Gasteiger partial charge is 0.270 e. The van der Waals surface area contributed by atoms with E-state index in [4.69, 9.17) is 14.2 Å². The second-order valence-corrected chi connectivity index (χ2v) is 7.48. The first-order valence-electron chi connectivity index (χ1n) is 9.12. The minimum Gasteiger partial charge on any atom is -0.472 e. The second-order valence-electron chi connectivity index (χ2n) is 6.62. The summed E-state index contributed by atoms with van der Waals surface area (Å²) < 4.78 is 16.9. The van der Waals surface area contributed by atoms with Crippen molar-refractivity contribution in [2.75, 3.05) is 6.79 Å². The van der Waals surface area contributed by atoms with Gasteiger partial charge in [-0.25, -0.2) is 9.97 Å². The van der Waals surface area contributed by atoms with Crippen molar-refractivity contribution in [2.45, 2.75) is 13.2 Å². The minimum atomic E-state index is -0.437. The van der Waals surface area contributed by atoms with Crippen LogP contribution in [-0.2, 0) is 18.0 Å². The van der Waals surface area contributed by atoms with Gasteiger partial charge in [-0.3, -0.25) is 10.1 Å². The predicted molar refractivity (Wildman–Crippen MR) is 111 cm³/mol. The van der Waals surface area contributed by atoms with Gasteiger partial charge in [0, 0.05) is 34.2 Å². The fourth-order valence-electron chi connectivity index (χ4n) is 3.43. The molecule has 0 atom stereocenters. The van der Waals surface area contributed by atoms with Crippen molar-refractivity contribution >= 4 is 27.2 Å². The average molecular weight is 421 g/mol. The fourth-order valence-corrected chi connectivity index (χ4v) is 4.33. The molecule has 150 valence electrons. The minimum absolute atomic E-state index is 0.0326. The Morgan fingerprint density at radius 3 is 2.90 bits per heavy atom. The Kier molecular flexibility index (Phi) is 4.74. The number of rotatable bonds is 5. The van der Waals surface area contributed by atoms with Crippen LogP contribution in [0.4, 0.5) is 5.69 Å². The molecule has 1 aliphatic heterocycles. The van der Waals surface area contributed by atoms with E-state index in [-0.39, 0.29) is 25.7 Å². The van der Waals surface area contributed by atoms with Crippen LogP contribution in [0.5, 0.6) is 11.6 Å². The molecule has 8 nitrogen and oxygen atoms in total. The topological polar surface area (TPSA) is 96.6 Å². The first-order valence-corrected chi connectivity index (χ1v) is 10.00. The summed E-state index contributed by atoms with van der Waals surface area (Å²) in [5.41, 5.74) is 3.19. The molecule has 0 amide bonds. The Bertz CT molecular complexity index is 1240. The zero-order valence-corrected chi connectivity index (χ0v) is 16.4. The van der Waals surface area contributed by atoms with Crippen molar-refractivity contribution in [1.29, 1.82) is 0 Å². The van der Waals surface area contributed by atoms with Gasteiger partial charge in [0.25, 0.3) is 5.69 Å². The van der Waals surface area contributed by atoms with Crippen LogP contribution in [0.2, 0.25) is 0 Å². The Balaban J connectivity index is 1.53. The van der Waals surface area contributed by atoms with Gasteiger partial charge >= 0.3 is 0 Å². The highest BCUT2D eigenvalue weighted by Crippen LogP contribution is 2.38. The van der Waals surface area contributed by atoms with Gasteiger partial charge in [-0.15, -0.1) is 11.3 Å². The molecule has 1 aliphatic rings. The van der Waals surface area contributed by atoms with Crippen molar-refractivity contribution in [1.82, 2.24) is 9.97 Å².